The highest BCUT2D eigenvalue weighted by molar-refractivity contribution is 5.85. The monoisotopic (exact) mass is 545 g/mol. The number of nitrogens with one attached hydrogen (secondary N) is 1. The Bertz CT molecular complexity index is 1460. The molecular formula is C28H31F4N5O2. The summed E-state index contributed by atoms with van der Waals surface area (Å²) in [6, 6.07) is 7.51. The van der Waals surface area contributed by atoms with Crippen LogP contribution < -0.4 is 15.8 Å². The summed E-state index contributed by atoms with van der Waals surface area (Å²) in [4.78, 5) is 35.3. The number of fused-ring (bicyclic) bond motifs is 1. The molecule has 1 fully saturated rings. The molecule has 1 aliphatic heterocycles. The van der Waals surface area contributed by atoms with Crippen LogP contribution in [0.1, 0.15) is 32.8 Å². The molecule has 7 nitrogen and oxygen atoms in total. The molecule has 0 aliphatic carbocycles. The number of alkyl halides is 3. The van der Waals surface area contributed by atoms with Crippen LogP contribution in [-0.4, -0.2) is 52.6 Å². The van der Waals surface area contributed by atoms with Crippen LogP contribution in [0.25, 0.3) is 22.3 Å². The Morgan fingerprint density at radius 1 is 1.10 bits per heavy atom. The second kappa shape index (κ2) is 11.2. The Hall–Kier alpha value is -3.73. The predicted octanol–water partition coefficient (Wildman–Crippen LogP) is 4.79. The molecule has 1 aliphatic rings. The lowest BCUT2D eigenvalue weighted by Crippen LogP contribution is -2.35. The van der Waals surface area contributed by atoms with Crippen LogP contribution in [0.5, 0.6) is 0 Å². The van der Waals surface area contributed by atoms with Gasteiger partial charge in [0.25, 0.3) is 5.56 Å². The smallest absolute Gasteiger partial charge is 0.370 e. The van der Waals surface area contributed by atoms with Crippen molar-refractivity contribution < 1.29 is 22.4 Å². The van der Waals surface area contributed by atoms with Gasteiger partial charge in [-0.05, 0) is 63.6 Å². The van der Waals surface area contributed by atoms with Crippen molar-refractivity contribution in [3.63, 3.8) is 0 Å². The molecule has 0 saturated carbocycles. The molecule has 0 unspecified atom stereocenters. The van der Waals surface area contributed by atoms with Gasteiger partial charge in [0.15, 0.2) is 0 Å². The van der Waals surface area contributed by atoms with Crippen LogP contribution in [0.15, 0.2) is 53.5 Å². The zero-order valence-corrected chi connectivity index (χ0v) is 22.1. The summed E-state index contributed by atoms with van der Waals surface area (Å²) in [5.41, 5.74) is -0.751. The number of hydrogen-bond donors (Lipinski definition) is 1. The van der Waals surface area contributed by atoms with Crippen molar-refractivity contribution in [1.82, 2.24) is 19.8 Å². The molecule has 2 heterocycles. The van der Waals surface area contributed by atoms with Gasteiger partial charge in [0, 0.05) is 49.2 Å². The van der Waals surface area contributed by atoms with Crippen LogP contribution in [0.4, 0.5) is 23.2 Å². The number of carbonyl (C=O) groups is 1. The molecule has 1 amide bonds. The van der Waals surface area contributed by atoms with Gasteiger partial charge in [-0.1, -0.05) is 6.58 Å². The van der Waals surface area contributed by atoms with E-state index < -0.39 is 35.6 Å². The van der Waals surface area contributed by atoms with Crippen molar-refractivity contribution in [2.24, 2.45) is 0 Å². The van der Waals surface area contributed by atoms with E-state index in [0.717, 1.165) is 55.0 Å². The fourth-order valence-electron chi connectivity index (χ4n) is 4.79. The Morgan fingerprint density at radius 2 is 1.85 bits per heavy atom. The quantitative estimate of drug-likeness (QED) is 0.451. The van der Waals surface area contributed by atoms with E-state index in [9.17, 15) is 27.2 Å². The number of benzene rings is 2. The molecule has 39 heavy (non-hydrogen) atoms. The molecule has 0 spiro atoms. The van der Waals surface area contributed by atoms with E-state index >= 15 is 0 Å². The average Bonchev–Trinajstić information content (AvgIpc) is 3.11. The Balaban J connectivity index is 1.84. The van der Waals surface area contributed by atoms with Crippen LogP contribution in [0.3, 0.4) is 0 Å². The molecule has 208 valence electrons. The Kier molecular flexibility index (Phi) is 8.10. The highest BCUT2D eigenvalue weighted by atomic mass is 19.4. The molecule has 4 rings (SSSR count). The van der Waals surface area contributed by atoms with Gasteiger partial charge < -0.3 is 10.2 Å². The summed E-state index contributed by atoms with van der Waals surface area (Å²) in [7, 11) is 0. The van der Waals surface area contributed by atoms with E-state index in [4.69, 9.17) is 0 Å². The van der Waals surface area contributed by atoms with E-state index in [1.165, 1.54) is 0 Å². The molecule has 1 saturated heterocycles. The summed E-state index contributed by atoms with van der Waals surface area (Å²) < 4.78 is 55.5. The summed E-state index contributed by atoms with van der Waals surface area (Å²) in [5, 5.41) is 2.69. The van der Waals surface area contributed by atoms with Crippen LogP contribution >= 0.6 is 0 Å². The second-order valence-electron chi connectivity index (χ2n) is 10.1. The van der Waals surface area contributed by atoms with Crippen molar-refractivity contribution in [2.45, 2.75) is 46.0 Å². The Morgan fingerprint density at radius 3 is 2.51 bits per heavy atom. The van der Waals surface area contributed by atoms with Gasteiger partial charge in [-0.15, -0.1) is 0 Å². The van der Waals surface area contributed by atoms with E-state index in [1.54, 1.807) is 19.1 Å². The molecule has 11 heteroatoms. The zero-order chi connectivity index (χ0) is 28.5. The average molecular weight is 546 g/mol. The first-order valence-electron chi connectivity index (χ1n) is 12.7. The Labute approximate surface area is 223 Å². The van der Waals surface area contributed by atoms with E-state index in [1.807, 2.05) is 6.07 Å². The number of rotatable bonds is 6. The van der Waals surface area contributed by atoms with Gasteiger partial charge in [0.05, 0.1) is 16.5 Å². The van der Waals surface area contributed by atoms with Gasteiger partial charge in [-0.25, -0.2) is 9.37 Å². The maximum absolute atomic E-state index is 14.3. The first-order valence-corrected chi connectivity index (χ1v) is 12.7. The third kappa shape index (κ3) is 6.47. The zero-order valence-electron chi connectivity index (χ0n) is 22.1. The minimum absolute atomic E-state index is 0.205. The van der Waals surface area contributed by atoms with Gasteiger partial charge in [-0.3, -0.25) is 19.1 Å². The van der Waals surface area contributed by atoms with Crippen molar-refractivity contribution in [1.29, 1.82) is 0 Å². The number of halogens is 4. The number of amides is 1. The summed E-state index contributed by atoms with van der Waals surface area (Å²) in [5.74, 6) is -2.00. The normalized spacial score (nSPS) is 15.0. The molecule has 3 aromatic rings. The lowest BCUT2D eigenvalue weighted by atomic mass is 10.1. The highest BCUT2D eigenvalue weighted by Crippen LogP contribution is 2.33. The maximum Gasteiger partial charge on any atom is 0.416 e. The lowest BCUT2D eigenvalue weighted by Gasteiger charge is -2.26. The molecule has 1 N–H and O–H groups in total. The van der Waals surface area contributed by atoms with Crippen LogP contribution in [0, 0.1) is 5.82 Å². The van der Waals surface area contributed by atoms with Crippen molar-refractivity contribution in [3.05, 3.63) is 70.4 Å². The number of anilines is 1. The second-order valence-corrected chi connectivity index (χ2v) is 10.1. The number of carbonyl (C=O) groups excluding carboxylic acids is 1. The molecule has 0 bridgehead atoms. The molecule has 1 aromatic heterocycles. The maximum atomic E-state index is 14.3. The minimum atomic E-state index is -4.82. The third-order valence-electron chi connectivity index (χ3n) is 6.70. The summed E-state index contributed by atoms with van der Waals surface area (Å²) in [6.45, 7) is 12.3. The minimum Gasteiger partial charge on any atom is -0.370 e. The number of hydrogen-bond acceptors (Lipinski definition) is 5. The number of allylic oxidation sites excluding steroid dienone is 1. The van der Waals surface area contributed by atoms with Gasteiger partial charge in [0.1, 0.15) is 18.2 Å². The van der Waals surface area contributed by atoms with E-state index in [2.05, 4.69) is 40.5 Å². The molecule has 2 aromatic carbocycles. The molecule has 0 radical (unpaired) electrons. The van der Waals surface area contributed by atoms with Crippen molar-refractivity contribution in [2.75, 3.05) is 31.1 Å². The number of aromatic nitrogens is 2. The largest absolute Gasteiger partial charge is 0.416 e. The highest BCUT2D eigenvalue weighted by Gasteiger charge is 2.32. The topological polar surface area (TPSA) is 70.5 Å². The lowest BCUT2D eigenvalue weighted by molar-refractivity contribution is -0.137. The SMILES string of the molecule is C=C(C)NC(=O)Cn1c(-c2cc(F)cc(C(F)(F)F)c2)nc2ccc(N3CCCN(C(C)C)CC3)cc2c1=O. The first-order chi connectivity index (χ1) is 18.3. The first kappa shape index (κ1) is 28.3. The molecular weight excluding hydrogens is 514 g/mol. The number of nitrogens with zero attached hydrogens (tertiary/aromatic N) is 4. The van der Waals surface area contributed by atoms with Crippen molar-refractivity contribution in [3.8, 4) is 11.4 Å². The van der Waals surface area contributed by atoms with Crippen LogP contribution in [0.2, 0.25) is 0 Å². The van der Waals surface area contributed by atoms with Crippen LogP contribution in [-0.2, 0) is 17.5 Å². The van der Waals surface area contributed by atoms with Crippen molar-refractivity contribution >= 4 is 22.5 Å². The van der Waals surface area contributed by atoms with Gasteiger partial charge in [-0.2, -0.15) is 13.2 Å². The predicted molar refractivity (Wildman–Crippen MR) is 143 cm³/mol. The van der Waals surface area contributed by atoms with E-state index in [-0.39, 0.29) is 22.3 Å². The summed E-state index contributed by atoms with van der Waals surface area (Å²) >= 11 is 0. The fourth-order valence-corrected chi connectivity index (χ4v) is 4.79. The standard InChI is InChI=1S/C28H31F4N5O2/c1-17(2)33-25(38)16-37-26(19-12-20(28(30,31)32)14-21(29)13-19)34-24-7-6-22(15-23(24)27(37)39)36-9-5-8-35(10-11-36)18(3)4/h6-7,12-15,18H,1,5,8-11,16H2,2-4H3,(H,33,38). The fraction of sp³-hybridized carbons (Fsp3) is 0.393. The third-order valence-corrected chi connectivity index (χ3v) is 6.70. The van der Waals surface area contributed by atoms with Gasteiger partial charge in [0.2, 0.25) is 5.91 Å². The summed E-state index contributed by atoms with van der Waals surface area (Å²) in [6.07, 6.45) is -3.87. The molecule has 0 atom stereocenters. The van der Waals surface area contributed by atoms with E-state index in [0.29, 0.717) is 17.8 Å². The van der Waals surface area contributed by atoms with Gasteiger partial charge >= 0.3 is 6.18 Å².